The van der Waals surface area contributed by atoms with E-state index in [1.807, 2.05) is 6.92 Å². The molecule has 92 valence electrons. The van der Waals surface area contributed by atoms with Crippen LogP contribution in [0.25, 0.3) is 17.1 Å². The van der Waals surface area contributed by atoms with E-state index in [-0.39, 0.29) is 5.82 Å². The molecule has 3 rings (SSSR count). The van der Waals surface area contributed by atoms with Crippen LogP contribution >= 0.6 is 0 Å². The van der Waals surface area contributed by atoms with Crippen LogP contribution in [0.5, 0.6) is 5.88 Å². The van der Waals surface area contributed by atoms with Gasteiger partial charge in [0.1, 0.15) is 17.8 Å². The van der Waals surface area contributed by atoms with Gasteiger partial charge in [0.2, 0.25) is 5.88 Å². The van der Waals surface area contributed by atoms with Crippen molar-refractivity contribution in [2.75, 3.05) is 6.61 Å². The summed E-state index contributed by atoms with van der Waals surface area (Å²) in [6, 6.07) is 6.12. The molecule has 2 aromatic heterocycles. The molecule has 0 bridgehead atoms. The maximum absolute atomic E-state index is 12.9. The molecule has 0 fully saturated rings. The molecule has 0 spiro atoms. The molecule has 0 amide bonds. The Kier molecular flexibility index (Phi) is 2.51. The Morgan fingerprint density at radius 2 is 2.11 bits per heavy atom. The maximum Gasteiger partial charge on any atom is 0.309 e. The number of hydrogen-bond donors (Lipinski definition) is 0. The molecule has 0 atom stereocenters. The van der Waals surface area contributed by atoms with Crippen LogP contribution in [0, 0.1) is 5.82 Å². The van der Waals surface area contributed by atoms with Gasteiger partial charge in [-0.15, -0.1) is 0 Å². The zero-order valence-electron chi connectivity index (χ0n) is 9.76. The lowest BCUT2D eigenvalue weighted by atomic mass is 10.1. The molecule has 0 aliphatic heterocycles. The van der Waals surface area contributed by atoms with Crippen LogP contribution in [0.4, 0.5) is 4.39 Å². The minimum Gasteiger partial charge on any atom is -0.477 e. The smallest absolute Gasteiger partial charge is 0.309 e. The summed E-state index contributed by atoms with van der Waals surface area (Å²) in [5.74, 6) is 0.783. The van der Waals surface area contributed by atoms with E-state index < -0.39 is 0 Å². The SMILES string of the molecule is CCOc1c(-c2ccc(F)cc2)nc2occn12. The van der Waals surface area contributed by atoms with Crippen molar-refractivity contribution in [3.05, 3.63) is 42.5 Å². The number of fused-ring (bicyclic) bond motifs is 1. The van der Waals surface area contributed by atoms with E-state index >= 15 is 0 Å². The third-order valence-electron chi connectivity index (χ3n) is 2.62. The van der Waals surface area contributed by atoms with Crippen LogP contribution in [-0.4, -0.2) is 16.0 Å². The largest absolute Gasteiger partial charge is 0.477 e. The number of benzene rings is 1. The molecule has 3 aromatic rings. The molecule has 0 saturated carbocycles. The quantitative estimate of drug-likeness (QED) is 0.712. The molecule has 18 heavy (non-hydrogen) atoms. The van der Waals surface area contributed by atoms with Crippen molar-refractivity contribution in [2.45, 2.75) is 6.92 Å². The molecule has 0 saturated heterocycles. The maximum atomic E-state index is 12.9. The second kappa shape index (κ2) is 4.18. The van der Waals surface area contributed by atoms with Crippen molar-refractivity contribution in [1.29, 1.82) is 0 Å². The molecule has 2 heterocycles. The van der Waals surface area contributed by atoms with Gasteiger partial charge < -0.3 is 9.15 Å². The highest BCUT2D eigenvalue weighted by molar-refractivity contribution is 5.67. The van der Waals surface area contributed by atoms with Crippen molar-refractivity contribution < 1.29 is 13.5 Å². The van der Waals surface area contributed by atoms with E-state index in [9.17, 15) is 4.39 Å². The Balaban J connectivity index is 2.17. The van der Waals surface area contributed by atoms with Crippen molar-refractivity contribution in [1.82, 2.24) is 9.38 Å². The number of hydrogen-bond acceptors (Lipinski definition) is 3. The fourth-order valence-corrected chi connectivity index (χ4v) is 1.84. The van der Waals surface area contributed by atoms with Gasteiger partial charge in [-0.05, 0) is 31.2 Å². The minimum absolute atomic E-state index is 0.278. The molecule has 0 aliphatic rings. The van der Waals surface area contributed by atoms with Gasteiger partial charge in [-0.1, -0.05) is 0 Å². The molecule has 0 unspecified atom stereocenters. The topological polar surface area (TPSA) is 39.7 Å². The Morgan fingerprint density at radius 3 is 2.83 bits per heavy atom. The van der Waals surface area contributed by atoms with Gasteiger partial charge in [0.15, 0.2) is 0 Å². The first-order chi connectivity index (χ1) is 8.79. The van der Waals surface area contributed by atoms with Crippen molar-refractivity contribution >= 4 is 5.84 Å². The van der Waals surface area contributed by atoms with Crippen LogP contribution < -0.4 is 4.74 Å². The van der Waals surface area contributed by atoms with Crippen LogP contribution in [0.15, 0.2) is 41.1 Å². The van der Waals surface area contributed by atoms with Gasteiger partial charge in [-0.3, -0.25) is 0 Å². The zero-order valence-corrected chi connectivity index (χ0v) is 9.76. The van der Waals surface area contributed by atoms with Gasteiger partial charge in [-0.25, -0.2) is 8.79 Å². The van der Waals surface area contributed by atoms with Gasteiger partial charge in [-0.2, -0.15) is 4.98 Å². The molecular formula is C13H11FN2O2. The molecular weight excluding hydrogens is 235 g/mol. The second-order valence-electron chi connectivity index (χ2n) is 3.76. The third kappa shape index (κ3) is 1.64. The molecule has 0 aliphatic carbocycles. The molecule has 5 heteroatoms. The summed E-state index contributed by atoms with van der Waals surface area (Å²) >= 11 is 0. The number of oxazole rings is 1. The lowest BCUT2D eigenvalue weighted by Crippen LogP contribution is -1.96. The average Bonchev–Trinajstić information content (AvgIpc) is 2.93. The van der Waals surface area contributed by atoms with E-state index in [2.05, 4.69) is 4.98 Å². The third-order valence-corrected chi connectivity index (χ3v) is 2.62. The lowest BCUT2D eigenvalue weighted by molar-refractivity contribution is 0.325. The number of aromatic nitrogens is 2. The average molecular weight is 246 g/mol. The summed E-state index contributed by atoms with van der Waals surface area (Å²) in [6.07, 6.45) is 3.28. The van der Waals surface area contributed by atoms with E-state index in [1.54, 1.807) is 29.0 Å². The number of nitrogens with zero attached hydrogens (tertiary/aromatic N) is 2. The zero-order chi connectivity index (χ0) is 12.5. The highest BCUT2D eigenvalue weighted by Gasteiger charge is 2.16. The number of ether oxygens (including phenoxy) is 1. The van der Waals surface area contributed by atoms with E-state index in [1.165, 1.54) is 12.1 Å². The number of rotatable bonds is 3. The van der Waals surface area contributed by atoms with E-state index in [0.717, 1.165) is 5.56 Å². The standard InChI is InChI=1S/C13H11FN2O2/c1-2-17-12-11(9-3-5-10(14)6-4-9)15-13-16(12)7-8-18-13/h3-8H,2H2,1H3. The van der Waals surface area contributed by atoms with Crippen LogP contribution in [-0.2, 0) is 0 Å². The Morgan fingerprint density at radius 1 is 1.33 bits per heavy atom. The number of halogens is 1. The van der Waals surface area contributed by atoms with Gasteiger partial charge in [0.05, 0.1) is 12.8 Å². The fourth-order valence-electron chi connectivity index (χ4n) is 1.84. The van der Waals surface area contributed by atoms with Crippen LogP contribution in [0.3, 0.4) is 0 Å². The van der Waals surface area contributed by atoms with Crippen molar-refractivity contribution in [3.8, 4) is 17.1 Å². The lowest BCUT2D eigenvalue weighted by Gasteiger charge is -2.04. The molecule has 1 aromatic carbocycles. The van der Waals surface area contributed by atoms with Crippen LogP contribution in [0.1, 0.15) is 6.92 Å². The highest BCUT2D eigenvalue weighted by atomic mass is 19.1. The van der Waals surface area contributed by atoms with E-state index in [0.29, 0.717) is 24.0 Å². The van der Waals surface area contributed by atoms with Crippen LogP contribution in [0.2, 0.25) is 0 Å². The van der Waals surface area contributed by atoms with Crippen molar-refractivity contribution in [2.24, 2.45) is 0 Å². The summed E-state index contributed by atoms with van der Waals surface area (Å²) < 4.78 is 25.5. The Labute approximate surface area is 103 Å². The second-order valence-corrected chi connectivity index (χ2v) is 3.76. The van der Waals surface area contributed by atoms with Crippen molar-refractivity contribution in [3.63, 3.8) is 0 Å². The summed E-state index contributed by atoms with van der Waals surface area (Å²) in [6.45, 7) is 2.42. The predicted molar refractivity (Wildman–Crippen MR) is 64.0 cm³/mol. The summed E-state index contributed by atoms with van der Waals surface area (Å²) in [4.78, 5) is 4.34. The first kappa shape index (κ1) is 10.8. The summed E-state index contributed by atoms with van der Waals surface area (Å²) in [5.41, 5.74) is 1.44. The summed E-state index contributed by atoms with van der Waals surface area (Å²) in [7, 11) is 0. The van der Waals surface area contributed by atoms with Gasteiger partial charge in [0.25, 0.3) is 0 Å². The minimum atomic E-state index is -0.278. The number of imidazole rings is 1. The first-order valence-electron chi connectivity index (χ1n) is 5.64. The van der Waals surface area contributed by atoms with Gasteiger partial charge >= 0.3 is 5.84 Å². The molecule has 0 N–H and O–H groups in total. The van der Waals surface area contributed by atoms with Gasteiger partial charge in [0, 0.05) is 5.56 Å². The highest BCUT2D eigenvalue weighted by Crippen LogP contribution is 2.31. The fraction of sp³-hybridized carbons (Fsp3) is 0.154. The Hall–Kier alpha value is -2.30. The monoisotopic (exact) mass is 246 g/mol. The predicted octanol–water partition coefficient (Wildman–Crippen LogP) is 3.13. The molecule has 0 radical (unpaired) electrons. The molecule has 4 nitrogen and oxygen atoms in total. The Bertz CT molecular complexity index is 670. The normalized spacial score (nSPS) is 11.0. The van der Waals surface area contributed by atoms with E-state index in [4.69, 9.17) is 9.15 Å². The summed E-state index contributed by atoms with van der Waals surface area (Å²) in [5, 5.41) is 0. The first-order valence-corrected chi connectivity index (χ1v) is 5.64.